The van der Waals surface area contributed by atoms with Gasteiger partial charge in [-0.15, -0.1) is 0 Å². The average Bonchev–Trinajstić information content (AvgIpc) is 2.70. The van der Waals surface area contributed by atoms with Gasteiger partial charge >= 0.3 is 0 Å². The lowest BCUT2D eigenvalue weighted by molar-refractivity contribution is -0.128. The molecule has 19 heavy (non-hydrogen) atoms. The third kappa shape index (κ3) is 2.89. The number of nitrogens with zero attached hydrogens (tertiary/aromatic N) is 1. The molecule has 0 saturated carbocycles. The van der Waals surface area contributed by atoms with E-state index in [4.69, 9.17) is 10.5 Å². The number of carbonyl (C=O) groups excluding carboxylic acids is 1. The molecule has 2 rings (SSSR count). The van der Waals surface area contributed by atoms with E-state index in [1.165, 1.54) is 0 Å². The van der Waals surface area contributed by atoms with Gasteiger partial charge in [0.05, 0.1) is 12.6 Å². The Morgan fingerprint density at radius 2 is 2.21 bits per heavy atom. The monoisotopic (exact) mass is 262 g/mol. The van der Waals surface area contributed by atoms with E-state index in [1.807, 2.05) is 36.1 Å². The summed E-state index contributed by atoms with van der Waals surface area (Å²) in [6, 6.07) is 7.77. The average molecular weight is 262 g/mol. The van der Waals surface area contributed by atoms with E-state index >= 15 is 0 Å². The second-order valence-electron chi connectivity index (χ2n) is 4.91. The number of hydrogen-bond acceptors (Lipinski definition) is 3. The van der Waals surface area contributed by atoms with Crippen LogP contribution < -0.4 is 10.5 Å². The molecular formula is C15H22N2O2. The second-order valence-corrected chi connectivity index (χ2v) is 4.91. The molecule has 1 aromatic carbocycles. The molecule has 104 valence electrons. The first-order valence-electron chi connectivity index (χ1n) is 6.95. The fraction of sp³-hybridized carbons (Fsp3) is 0.533. The molecule has 0 spiro atoms. The molecule has 1 saturated heterocycles. The quantitative estimate of drug-likeness (QED) is 0.884. The van der Waals surface area contributed by atoms with Gasteiger partial charge in [0.15, 0.2) is 0 Å². The van der Waals surface area contributed by atoms with E-state index in [9.17, 15) is 4.79 Å². The SMILES string of the molecule is CCCOc1cccc(C2C(N)CC(=O)N2CC)c1. The predicted octanol–water partition coefficient (Wildman–Crippen LogP) is 2.10. The van der Waals surface area contributed by atoms with Gasteiger partial charge in [-0.3, -0.25) is 4.79 Å². The number of hydrogen-bond donors (Lipinski definition) is 1. The van der Waals surface area contributed by atoms with Crippen molar-refractivity contribution in [3.05, 3.63) is 29.8 Å². The normalized spacial score (nSPS) is 22.9. The molecule has 2 unspecified atom stereocenters. The summed E-state index contributed by atoms with van der Waals surface area (Å²) < 4.78 is 5.64. The zero-order valence-electron chi connectivity index (χ0n) is 11.6. The minimum Gasteiger partial charge on any atom is -0.494 e. The van der Waals surface area contributed by atoms with Gasteiger partial charge in [-0.1, -0.05) is 19.1 Å². The zero-order chi connectivity index (χ0) is 13.8. The Hall–Kier alpha value is -1.55. The van der Waals surface area contributed by atoms with Crippen LogP contribution in [-0.2, 0) is 4.79 Å². The van der Waals surface area contributed by atoms with Crippen molar-refractivity contribution >= 4 is 5.91 Å². The molecule has 1 aromatic rings. The van der Waals surface area contributed by atoms with Crippen LogP contribution in [0.15, 0.2) is 24.3 Å². The fourth-order valence-corrected chi connectivity index (χ4v) is 2.63. The van der Waals surface area contributed by atoms with Gasteiger partial charge in [0, 0.05) is 19.0 Å². The van der Waals surface area contributed by atoms with E-state index in [0.29, 0.717) is 19.6 Å². The van der Waals surface area contributed by atoms with Crippen LogP contribution >= 0.6 is 0 Å². The summed E-state index contributed by atoms with van der Waals surface area (Å²) in [7, 11) is 0. The first-order valence-corrected chi connectivity index (χ1v) is 6.95. The second kappa shape index (κ2) is 6.06. The summed E-state index contributed by atoms with van der Waals surface area (Å²) in [5.41, 5.74) is 7.18. The van der Waals surface area contributed by atoms with Crippen molar-refractivity contribution in [1.82, 2.24) is 4.90 Å². The third-order valence-corrected chi connectivity index (χ3v) is 3.49. The maximum atomic E-state index is 11.9. The van der Waals surface area contributed by atoms with E-state index in [1.54, 1.807) is 0 Å². The van der Waals surface area contributed by atoms with Gasteiger partial charge in [-0.2, -0.15) is 0 Å². The van der Waals surface area contributed by atoms with Crippen LogP contribution in [0.3, 0.4) is 0 Å². The summed E-state index contributed by atoms with van der Waals surface area (Å²) in [6.45, 7) is 5.46. The molecule has 1 heterocycles. The smallest absolute Gasteiger partial charge is 0.224 e. The van der Waals surface area contributed by atoms with Gasteiger partial charge < -0.3 is 15.4 Å². The maximum absolute atomic E-state index is 11.9. The Morgan fingerprint density at radius 1 is 1.42 bits per heavy atom. The fourth-order valence-electron chi connectivity index (χ4n) is 2.63. The first kappa shape index (κ1) is 13.9. The van der Waals surface area contributed by atoms with E-state index in [-0.39, 0.29) is 18.0 Å². The highest BCUT2D eigenvalue weighted by molar-refractivity contribution is 5.80. The lowest BCUT2D eigenvalue weighted by Crippen LogP contribution is -2.32. The predicted molar refractivity (Wildman–Crippen MR) is 74.9 cm³/mol. The number of likely N-dealkylation sites (N-methyl/N-ethyl adjacent to an activating group) is 1. The Balaban J connectivity index is 2.22. The molecule has 0 radical (unpaired) electrons. The molecule has 2 N–H and O–H groups in total. The lowest BCUT2D eigenvalue weighted by Gasteiger charge is -2.26. The molecule has 1 aliphatic rings. The van der Waals surface area contributed by atoms with Crippen LogP contribution in [0.25, 0.3) is 0 Å². The van der Waals surface area contributed by atoms with E-state index < -0.39 is 0 Å². The van der Waals surface area contributed by atoms with Crippen LogP contribution in [0.2, 0.25) is 0 Å². The Morgan fingerprint density at radius 3 is 2.89 bits per heavy atom. The maximum Gasteiger partial charge on any atom is 0.224 e. The minimum atomic E-state index is -0.131. The third-order valence-electron chi connectivity index (χ3n) is 3.49. The molecule has 0 aromatic heterocycles. The summed E-state index contributed by atoms with van der Waals surface area (Å²) in [5, 5.41) is 0. The van der Waals surface area contributed by atoms with Crippen molar-refractivity contribution in [3.63, 3.8) is 0 Å². The lowest BCUT2D eigenvalue weighted by atomic mass is 10.0. The highest BCUT2D eigenvalue weighted by Crippen LogP contribution is 2.33. The number of rotatable bonds is 5. The molecule has 1 amide bonds. The first-order chi connectivity index (χ1) is 9.17. The number of ether oxygens (including phenoxy) is 1. The number of carbonyl (C=O) groups is 1. The summed E-state index contributed by atoms with van der Waals surface area (Å²) in [4.78, 5) is 13.7. The molecule has 0 aliphatic carbocycles. The summed E-state index contributed by atoms with van der Waals surface area (Å²) in [5.74, 6) is 0.988. The molecule has 1 fully saturated rings. The Kier molecular flexibility index (Phi) is 4.43. The van der Waals surface area contributed by atoms with Crippen molar-refractivity contribution in [3.8, 4) is 5.75 Å². The van der Waals surface area contributed by atoms with Gasteiger partial charge in [-0.25, -0.2) is 0 Å². The summed E-state index contributed by atoms with van der Waals surface area (Å²) >= 11 is 0. The number of likely N-dealkylation sites (tertiary alicyclic amines) is 1. The summed E-state index contributed by atoms with van der Waals surface area (Å²) in [6.07, 6.45) is 1.41. The Labute approximate surface area is 114 Å². The molecule has 0 bridgehead atoms. The van der Waals surface area contributed by atoms with Gasteiger partial charge in [0.1, 0.15) is 5.75 Å². The van der Waals surface area contributed by atoms with Gasteiger partial charge in [-0.05, 0) is 31.0 Å². The van der Waals surface area contributed by atoms with E-state index in [2.05, 4.69) is 6.92 Å². The molecular weight excluding hydrogens is 240 g/mol. The standard InChI is InChI=1S/C15H22N2O2/c1-3-8-19-12-7-5-6-11(9-12)15-13(16)10-14(18)17(15)4-2/h5-7,9,13,15H,3-4,8,10,16H2,1-2H3. The topological polar surface area (TPSA) is 55.6 Å². The van der Waals surface area contributed by atoms with Crippen LogP contribution in [0, 0.1) is 0 Å². The highest BCUT2D eigenvalue weighted by atomic mass is 16.5. The van der Waals surface area contributed by atoms with Crippen molar-refractivity contribution in [1.29, 1.82) is 0 Å². The van der Waals surface area contributed by atoms with Crippen molar-refractivity contribution in [2.75, 3.05) is 13.2 Å². The van der Waals surface area contributed by atoms with Crippen LogP contribution in [-0.4, -0.2) is 30.0 Å². The Bertz CT molecular complexity index is 448. The van der Waals surface area contributed by atoms with Crippen molar-refractivity contribution in [2.45, 2.75) is 38.8 Å². The molecule has 4 heteroatoms. The molecule has 2 atom stereocenters. The molecule has 1 aliphatic heterocycles. The minimum absolute atomic E-state index is 0.0253. The van der Waals surface area contributed by atoms with Crippen molar-refractivity contribution in [2.24, 2.45) is 5.73 Å². The van der Waals surface area contributed by atoms with Crippen LogP contribution in [0.4, 0.5) is 0 Å². The molecule has 4 nitrogen and oxygen atoms in total. The van der Waals surface area contributed by atoms with Crippen molar-refractivity contribution < 1.29 is 9.53 Å². The highest BCUT2D eigenvalue weighted by Gasteiger charge is 2.37. The van der Waals surface area contributed by atoms with Gasteiger partial charge in [0.25, 0.3) is 0 Å². The zero-order valence-corrected chi connectivity index (χ0v) is 11.6. The van der Waals surface area contributed by atoms with Gasteiger partial charge in [0.2, 0.25) is 5.91 Å². The van der Waals surface area contributed by atoms with Crippen LogP contribution in [0.5, 0.6) is 5.75 Å². The number of amides is 1. The van der Waals surface area contributed by atoms with Crippen LogP contribution in [0.1, 0.15) is 38.3 Å². The largest absolute Gasteiger partial charge is 0.494 e. The van der Waals surface area contributed by atoms with E-state index in [0.717, 1.165) is 17.7 Å². The number of benzene rings is 1. The number of nitrogens with two attached hydrogens (primary N) is 1.